The number of carboxylic acids is 1. The molecule has 0 aromatic carbocycles. The largest absolute Gasteiger partial charge is 0.477 e. The maximum atomic E-state index is 10.9. The van der Waals surface area contributed by atoms with Crippen molar-refractivity contribution in [3.05, 3.63) is 29.6 Å². The minimum Gasteiger partial charge on any atom is -0.477 e. The third-order valence-electron chi connectivity index (χ3n) is 3.43. The molecule has 0 spiro atoms. The molecule has 1 aromatic heterocycles. The van der Waals surface area contributed by atoms with Crippen LogP contribution in [0.15, 0.2) is 18.3 Å². The molecule has 1 aliphatic rings. The molecular weight excluding hydrogens is 228 g/mol. The van der Waals surface area contributed by atoms with Crippen LogP contribution in [0.1, 0.15) is 42.7 Å². The third kappa shape index (κ3) is 3.29. The highest BCUT2D eigenvalue weighted by Gasteiger charge is 2.26. The Morgan fingerprint density at radius 1 is 1.56 bits per heavy atom. The van der Waals surface area contributed by atoms with E-state index in [2.05, 4.69) is 23.7 Å². The van der Waals surface area contributed by atoms with Crippen LogP contribution in [0.25, 0.3) is 0 Å². The van der Waals surface area contributed by atoms with Gasteiger partial charge in [-0.3, -0.25) is 4.90 Å². The van der Waals surface area contributed by atoms with E-state index in [-0.39, 0.29) is 5.69 Å². The first-order valence-corrected chi connectivity index (χ1v) is 6.37. The zero-order valence-electron chi connectivity index (χ0n) is 11.0. The van der Waals surface area contributed by atoms with Gasteiger partial charge in [0.2, 0.25) is 0 Å². The molecule has 18 heavy (non-hydrogen) atoms. The number of piperidine rings is 1. The standard InChI is InChI=1S/C14H20N2O2/c1-14(2)5-3-7-16(10-14)9-11-4-6-15-12(8-11)13(17)18/h4,6,8H,3,5,7,9-10H2,1-2H3,(H,17,18). The van der Waals surface area contributed by atoms with Crippen molar-refractivity contribution in [2.75, 3.05) is 13.1 Å². The Hall–Kier alpha value is -1.42. The molecule has 0 aliphatic carbocycles. The summed E-state index contributed by atoms with van der Waals surface area (Å²) in [4.78, 5) is 17.1. The molecule has 98 valence electrons. The van der Waals surface area contributed by atoms with Crippen molar-refractivity contribution in [2.24, 2.45) is 5.41 Å². The Bertz CT molecular complexity index is 443. The van der Waals surface area contributed by atoms with Crippen molar-refractivity contribution >= 4 is 5.97 Å². The number of nitrogens with zero attached hydrogens (tertiary/aromatic N) is 2. The Balaban J connectivity index is 2.05. The van der Waals surface area contributed by atoms with Crippen LogP contribution in [0.2, 0.25) is 0 Å². The number of aromatic carboxylic acids is 1. The summed E-state index contributed by atoms with van der Waals surface area (Å²) in [6.45, 7) is 7.54. The van der Waals surface area contributed by atoms with Crippen LogP contribution >= 0.6 is 0 Å². The van der Waals surface area contributed by atoms with E-state index in [0.29, 0.717) is 5.41 Å². The molecular formula is C14H20N2O2. The van der Waals surface area contributed by atoms with Gasteiger partial charge in [0.1, 0.15) is 5.69 Å². The van der Waals surface area contributed by atoms with E-state index < -0.39 is 5.97 Å². The lowest BCUT2D eigenvalue weighted by Gasteiger charge is -2.38. The lowest BCUT2D eigenvalue weighted by molar-refractivity contribution is 0.0689. The van der Waals surface area contributed by atoms with Crippen LogP contribution in [0.4, 0.5) is 0 Å². The summed E-state index contributed by atoms with van der Waals surface area (Å²) in [5, 5.41) is 8.92. The van der Waals surface area contributed by atoms with Gasteiger partial charge in [0, 0.05) is 19.3 Å². The number of pyridine rings is 1. The number of hydrogen-bond acceptors (Lipinski definition) is 3. The summed E-state index contributed by atoms with van der Waals surface area (Å²) in [5.74, 6) is -0.962. The maximum Gasteiger partial charge on any atom is 0.354 e. The minimum atomic E-state index is -0.962. The van der Waals surface area contributed by atoms with E-state index in [1.165, 1.54) is 12.8 Å². The molecule has 0 radical (unpaired) electrons. The molecule has 4 nitrogen and oxygen atoms in total. The van der Waals surface area contributed by atoms with Crippen molar-refractivity contribution in [1.29, 1.82) is 0 Å². The van der Waals surface area contributed by atoms with Gasteiger partial charge in [-0.15, -0.1) is 0 Å². The number of rotatable bonds is 3. The molecule has 2 heterocycles. The highest BCUT2D eigenvalue weighted by molar-refractivity contribution is 5.85. The van der Waals surface area contributed by atoms with E-state index in [9.17, 15) is 4.79 Å². The SMILES string of the molecule is CC1(C)CCCN(Cc2ccnc(C(=O)O)c2)C1. The predicted octanol–water partition coefficient (Wildman–Crippen LogP) is 2.40. The van der Waals surface area contributed by atoms with Gasteiger partial charge in [0.15, 0.2) is 0 Å². The average Bonchev–Trinajstić information content (AvgIpc) is 2.28. The highest BCUT2D eigenvalue weighted by atomic mass is 16.4. The quantitative estimate of drug-likeness (QED) is 0.892. The Morgan fingerprint density at radius 2 is 2.33 bits per heavy atom. The monoisotopic (exact) mass is 248 g/mol. The summed E-state index contributed by atoms with van der Waals surface area (Å²) in [5.41, 5.74) is 1.52. The van der Waals surface area contributed by atoms with E-state index in [1.54, 1.807) is 12.3 Å². The maximum absolute atomic E-state index is 10.9. The molecule has 4 heteroatoms. The fraction of sp³-hybridized carbons (Fsp3) is 0.571. The summed E-state index contributed by atoms with van der Waals surface area (Å²) >= 11 is 0. The highest BCUT2D eigenvalue weighted by Crippen LogP contribution is 2.29. The van der Waals surface area contributed by atoms with E-state index in [0.717, 1.165) is 25.2 Å². The summed E-state index contributed by atoms with van der Waals surface area (Å²) in [7, 11) is 0. The topological polar surface area (TPSA) is 53.4 Å². The second-order valence-corrected chi connectivity index (χ2v) is 5.83. The zero-order chi connectivity index (χ0) is 13.2. The van der Waals surface area contributed by atoms with Crippen molar-refractivity contribution in [3.63, 3.8) is 0 Å². The molecule has 0 bridgehead atoms. The first kappa shape index (κ1) is 13.0. The zero-order valence-corrected chi connectivity index (χ0v) is 11.0. The van der Waals surface area contributed by atoms with Crippen molar-refractivity contribution in [3.8, 4) is 0 Å². The fourth-order valence-electron chi connectivity index (χ4n) is 2.63. The van der Waals surface area contributed by atoms with Gasteiger partial charge in [0.05, 0.1) is 0 Å². The summed E-state index contributed by atoms with van der Waals surface area (Å²) in [6, 6.07) is 3.57. The molecule has 1 saturated heterocycles. The number of aromatic nitrogens is 1. The molecule has 0 saturated carbocycles. The second kappa shape index (κ2) is 5.06. The van der Waals surface area contributed by atoms with Crippen molar-refractivity contribution < 1.29 is 9.90 Å². The fourth-order valence-corrected chi connectivity index (χ4v) is 2.63. The average molecular weight is 248 g/mol. The Kier molecular flexibility index (Phi) is 3.66. The van der Waals surface area contributed by atoms with Gasteiger partial charge in [-0.05, 0) is 42.5 Å². The van der Waals surface area contributed by atoms with Crippen LogP contribution in [0, 0.1) is 5.41 Å². The van der Waals surface area contributed by atoms with E-state index in [1.807, 2.05) is 6.07 Å². The second-order valence-electron chi connectivity index (χ2n) is 5.83. The van der Waals surface area contributed by atoms with Crippen LogP contribution in [0.3, 0.4) is 0 Å². The molecule has 1 N–H and O–H groups in total. The van der Waals surface area contributed by atoms with Gasteiger partial charge >= 0.3 is 5.97 Å². The van der Waals surface area contributed by atoms with Crippen LogP contribution in [-0.4, -0.2) is 34.0 Å². The first-order chi connectivity index (χ1) is 8.46. The molecule has 0 unspecified atom stereocenters. The number of likely N-dealkylation sites (tertiary alicyclic amines) is 1. The van der Waals surface area contributed by atoms with Crippen molar-refractivity contribution in [2.45, 2.75) is 33.2 Å². The predicted molar refractivity (Wildman–Crippen MR) is 69.5 cm³/mol. The lowest BCUT2D eigenvalue weighted by atomic mass is 9.84. The van der Waals surface area contributed by atoms with Gasteiger partial charge in [-0.2, -0.15) is 0 Å². The van der Waals surface area contributed by atoms with Gasteiger partial charge in [-0.25, -0.2) is 9.78 Å². The van der Waals surface area contributed by atoms with Gasteiger partial charge < -0.3 is 5.11 Å². The van der Waals surface area contributed by atoms with Crippen LogP contribution in [-0.2, 0) is 6.54 Å². The number of carbonyl (C=O) groups is 1. The number of hydrogen-bond donors (Lipinski definition) is 1. The molecule has 1 aromatic rings. The molecule has 0 amide bonds. The summed E-state index contributed by atoms with van der Waals surface area (Å²) in [6.07, 6.45) is 4.05. The molecule has 0 atom stereocenters. The number of carboxylic acid groups (broad SMARTS) is 1. The molecule has 1 aliphatic heterocycles. The van der Waals surface area contributed by atoms with Crippen LogP contribution in [0.5, 0.6) is 0 Å². The smallest absolute Gasteiger partial charge is 0.354 e. The van der Waals surface area contributed by atoms with E-state index >= 15 is 0 Å². The lowest BCUT2D eigenvalue weighted by Crippen LogP contribution is -2.39. The third-order valence-corrected chi connectivity index (χ3v) is 3.43. The van der Waals surface area contributed by atoms with Gasteiger partial charge in [-0.1, -0.05) is 13.8 Å². The minimum absolute atomic E-state index is 0.128. The normalized spacial score (nSPS) is 19.7. The first-order valence-electron chi connectivity index (χ1n) is 6.37. The Labute approximate surface area is 108 Å². The van der Waals surface area contributed by atoms with Gasteiger partial charge in [0.25, 0.3) is 0 Å². The van der Waals surface area contributed by atoms with E-state index in [4.69, 9.17) is 5.11 Å². The summed E-state index contributed by atoms with van der Waals surface area (Å²) < 4.78 is 0. The van der Waals surface area contributed by atoms with Crippen molar-refractivity contribution in [1.82, 2.24) is 9.88 Å². The Morgan fingerprint density at radius 3 is 3.00 bits per heavy atom. The molecule has 1 fully saturated rings. The molecule has 2 rings (SSSR count). The van der Waals surface area contributed by atoms with Crippen LogP contribution < -0.4 is 0 Å².